The number of Topliss-reactive ketones (excluding diaryl/α,β-unsaturated/α-hetero) is 1. The Labute approximate surface area is 241 Å². The molecule has 5 nitrogen and oxygen atoms in total. The van der Waals surface area contributed by atoms with Gasteiger partial charge in [-0.3, -0.25) is 9.59 Å². The van der Waals surface area contributed by atoms with Crippen LogP contribution >= 0.6 is 23.1 Å². The summed E-state index contributed by atoms with van der Waals surface area (Å²) in [6.45, 7) is 5.05. The van der Waals surface area contributed by atoms with E-state index >= 15 is 0 Å². The number of carbonyl (C=O) groups excluding carboxylic acids is 1. The quantitative estimate of drug-likeness (QED) is 0.196. The van der Waals surface area contributed by atoms with Gasteiger partial charge in [0, 0.05) is 44.4 Å². The third kappa shape index (κ3) is 4.38. The van der Waals surface area contributed by atoms with Crippen molar-refractivity contribution in [1.82, 2.24) is 4.31 Å². The fourth-order valence-corrected chi connectivity index (χ4v) is 9.49. The van der Waals surface area contributed by atoms with Gasteiger partial charge in [-0.05, 0) is 41.8 Å². The average molecular weight is 588 g/mol. The van der Waals surface area contributed by atoms with Crippen LogP contribution in [0.1, 0.15) is 49.9 Å². The summed E-state index contributed by atoms with van der Waals surface area (Å²) in [5.41, 5.74) is 0.406. The van der Waals surface area contributed by atoms with E-state index < -0.39 is 10.0 Å². The Morgan fingerprint density at radius 3 is 2.23 bits per heavy atom. The first-order valence-corrected chi connectivity index (χ1v) is 16.7. The number of fused-ring (bicyclic) bond motifs is 3. The van der Waals surface area contributed by atoms with E-state index in [1.165, 1.54) is 23.1 Å². The molecule has 0 fully saturated rings. The van der Waals surface area contributed by atoms with Gasteiger partial charge in [-0.1, -0.05) is 87.0 Å². The number of benzene rings is 4. The molecule has 1 aromatic heterocycles. The summed E-state index contributed by atoms with van der Waals surface area (Å²) in [4.78, 5) is 29.2. The molecular formula is C32H29NO4S3. The number of unbranched alkanes of at least 4 members (excludes halogenated alkanes) is 2. The lowest BCUT2D eigenvalue weighted by molar-refractivity contribution is 0.106. The molecule has 0 spiro atoms. The van der Waals surface area contributed by atoms with Crippen LogP contribution in [0, 0.1) is 0 Å². The molecule has 0 aliphatic carbocycles. The van der Waals surface area contributed by atoms with Gasteiger partial charge >= 0.3 is 0 Å². The van der Waals surface area contributed by atoms with E-state index in [1.807, 2.05) is 36.4 Å². The lowest BCUT2D eigenvalue weighted by atomic mass is 10.0. The van der Waals surface area contributed by atoms with Gasteiger partial charge in [-0.25, -0.2) is 8.42 Å². The summed E-state index contributed by atoms with van der Waals surface area (Å²) in [5, 5.41) is 3.51. The van der Waals surface area contributed by atoms with Crippen molar-refractivity contribution in [2.75, 3.05) is 13.1 Å². The zero-order valence-electron chi connectivity index (χ0n) is 22.4. The van der Waals surface area contributed by atoms with Crippen molar-refractivity contribution in [2.45, 2.75) is 49.3 Å². The van der Waals surface area contributed by atoms with Crippen LogP contribution in [0.4, 0.5) is 0 Å². The van der Waals surface area contributed by atoms with Gasteiger partial charge in [0.25, 0.3) is 0 Å². The molecule has 0 amide bonds. The van der Waals surface area contributed by atoms with Crippen LogP contribution in [-0.2, 0) is 10.0 Å². The van der Waals surface area contributed by atoms with E-state index in [0.29, 0.717) is 44.2 Å². The number of nitrogens with zero attached hydrogens (tertiary/aromatic N) is 1. The molecule has 0 atom stereocenters. The van der Waals surface area contributed by atoms with Gasteiger partial charge < -0.3 is 0 Å². The smallest absolute Gasteiger partial charge is 0.243 e. The fraction of sp³-hybridized carbons (Fsp3) is 0.250. The summed E-state index contributed by atoms with van der Waals surface area (Å²) < 4.78 is 30.6. The number of thioether (sulfide) groups is 1. The highest BCUT2D eigenvalue weighted by atomic mass is 32.2. The Bertz CT molecular complexity index is 2020. The molecule has 40 heavy (non-hydrogen) atoms. The number of sulfonamides is 1. The van der Waals surface area contributed by atoms with Crippen molar-refractivity contribution in [2.24, 2.45) is 0 Å². The molecule has 4 aromatic carbocycles. The largest absolute Gasteiger partial charge is 0.288 e. The number of hydrogen-bond acceptors (Lipinski definition) is 6. The van der Waals surface area contributed by atoms with Crippen molar-refractivity contribution in [1.29, 1.82) is 0 Å². The van der Waals surface area contributed by atoms with Crippen molar-refractivity contribution < 1.29 is 13.2 Å². The predicted octanol–water partition coefficient (Wildman–Crippen LogP) is 6.97. The van der Waals surface area contributed by atoms with Crippen molar-refractivity contribution in [3.8, 4) is 0 Å². The van der Waals surface area contributed by atoms with Crippen LogP contribution in [-0.4, -0.2) is 31.6 Å². The maximum absolute atomic E-state index is 13.9. The van der Waals surface area contributed by atoms with Crippen LogP contribution in [0.15, 0.2) is 81.3 Å². The number of hydrogen-bond donors (Lipinski definition) is 0. The van der Waals surface area contributed by atoms with Crippen LogP contribution < -0.4 is 9.96 Å². The molecule has 1 aliphatic rings. The lowest BCUT2D eigenvalue weighted by Gasteiger charge is -2.23. The van der Waals surface area contributed by atoms with Crippen LogP contribution in [0.5, 0.6) is 0 Å². The zero-order valence-corrected chi connectivity index (χ0v) is 24.8. The Morgan fingerprint density at radius 1 is 0.775 bits per heavy atom. The molecule has 8 heteroatoms. The first kappa shape index (κ1) is 27.1. The first-order valence-electron chi connectivity index (χ1n) is 13.6. The minimum Gasteiger partial charge on any atom is -0.288 e. The molecule has 0 N–H and O–H groups in total. The molecule has 1 aliphatic heterocycles. The summed E-state index contributed by atoms with van der Waals surface area (Å²) in [6.07, 6.45) is 3.39. The second-order valence-electron chi connectivity index (χ2n) is 10.1. The zero-order chi connectivity index (χ0) is 28.0. The minimum atomic E-state index is -3.76. The normalized spacial score (nSPS) is 15.1. The highest BCUT2D eigenvalue weighted by Gasteiger charge is 2.31. The Morgan fingerprint density at radius 2 is 1.48 bits per heavy atom. The van der Waals surface area contributed by atoms with E-state index in [-0.39, 0.29) is 16.1 Å². The lowest BCUT2D eigenvalue weighted by Crippen LogP contribution is -2.33. The fourth-order valence-electron chi connectivity index (χ4n) is 5.43. The van der Waals surface area contributed by atoms with Gasteiger partial charge in [0.15, 0.2) is 0 Å². The summed E-state index contributed by atoms with van der Waals surface area (Å²) in [5.74, 6) is -0.134. The average Bonchev–Trinajstić information content (AvgIpc) is 3.31. The maximum Gasteiger partial charge on any atom is 0.243 e. The standard InChI is InChI=1S/C32H29NO4S3/c1-3-5-18-33(19-6-4-2)40(36,37)26-17-16-24-27-22(26)12-9-13-23(27)29(34)31(38-24)32-30(35)28-21-11-8-7-10-20(21)14-15-25(28)39-32/h7-17H,3-6,18-19H2,1-2H3/b32-31-. The van der Waals surface area contributed by atoms with E-state index in [9.17, 15) is 18.0 Å². The Kier molecular flexibility index (Phi) is 7.29. The predicted molar refractivity (Wildman–Crippen MR) is 167 cm³/mol. The first-order chi connectivity index (χ1) is 19.4. The number of ketones is 1. The molecule has 0 saturated carbocycles. The molecule has 5 aromatic rings. The van der Waals surface area contributed by atoms with Gasteiger partial charge in [-0.15, -0.1) is 11.3 Å². The van der Waals surface area contributed by atoms with Gasteiger partial charge in [0.05, 0.1) is 14.3 Å². The Hall–Kier alpha value is -3.04. The number of carbonyl (C=O) groups is 1. The van der Waals surface area contributed by atoms with Crippen molar-refractivity contribution in [3.63, 3.8) is 0 Å². The van der Waals surface area contributed by atoms with Gasteiger partial charge in [0.2, 0.25) is 21.2 Å². The third-order valence-corrected chi connectivity index (χ3v) is 11.9. The second kappa shape index (κ2) is 10.7. The van der Waals surface area contributed by atoms with E-state index in [1.54, 1.807) is 34.6 Å². The van der Waals surface area contributed by atoms with Crippen molar-refractivity contribution in [3.05, 3.63) is 87.0 Å². The van der Waals surface area contributed by atoms with Crippen LogP contribution in [0.25, 0.3) is 36.5 Å². The summed E-state index contributed by atoms with van der Waals surface area (Å²) in [6, 6.07) is 20.5. The van der Waals surface area contributed by atoms with Gasteiger partial charge in [0.1, 0.15) is 0 Å². The topological polar surface area (TPSA) is 71.5 Å². The molecule has 0 radical (unpaired) electrons. The number of rotatable bonds is 8. The van der Waals surface area contributed by atoms with Crippen molar-refractivity contribution >= 4 is 75.4 Å². The SMILES string of the molecule is CCCCN(CCCC)S(=O)(=O)c1ccc2s/c(=C3\Sc4ccc5ccccc5c4C3=O)c(=O)c3cccc1c23. The molecule has 0 unspecified atom stereocenters. The monoisotopic (exact) mass is 587 g/mol. The van der Waals surface area contributed by atoms with Crippen LogP contribution in [0.3, 0.4) is 0 Å². The maximum atomic E-state index is 13.9. The molecule has 204 valence electrons. The van der Waals surface area contributed by atoms with E-state index in [0.717, 1.165) is 46.1 Å². The molecule has 0 bridgehead atoms. The van der Waals surface area contributed by atoms with E-state index in [4.69, 9.17) is 0 Å². The highest BCUT2D eigenvalue weighted by Crippen LogP contribution is 2.44. The Balaban J connectivity index is 1.55. The molecular weight excluding hydrogens is 559 g/mol. The minimum absolute atomic E-state index is 0.134. The highest BCUT2D eigenvalue weighted by molar-refractivity contribution is 8.10. The molecule has 0 saturated heterocycles. The third-order valence-electron chi connectivity index (χ3n) is 7.51. The molecule has 2 heterocycles. The van der Waals surface area contributed by atoms with Crippen LogP contribution in [0.2, 0.25) is 0 Å². The van der Waals surface area contributed by atoms with E-state index in [2.05, 4.69) is 13.8 Å². The molecule has 6 rings (SSSR count). The summed E-state index contributed by atoms with van der Waals surface area (Å²) >= 11 is 2.62. The second-order valence-corrected chi connectivity index (χ2v) is 14.1. The van der Waals surface area contributed by atoms with Gasteiger partial charge in [-0.2, -0.15) is 4.31 Å². The summed E-state index contributed by atoms with van der Waals surface area (Å²) in [7, 11) is -3.76.